The van der Waals surface area contributed by atoms with E-state index in [1.54, 1.807) is 42.6 Å². The second kappa shape index (κ2) is 6.87. The summed E-state index contributed by atoms with van der Waals surface area (Å²) in [7, 11) is 0. The van der Waals surface area contributed by atoms with Gasteiger partial charge in [0.15, 0.2) is 0 Å². The molecule has 4 rings (SSSR count). The molecule has 2 aromatic carbocycles. The molecule has 0 atom stereocenters. The Kier molecular flexibility index (Phi) is 4.25. The number of rotatable bonds is 4. The molecule has 0 fully saturated rings. The van der Waals surface area contributed by atoms with Gasteiger partial charge in [0.05, 0.1) is 5.52 Å². The zero-order valence-electron chi connectivity index (χ0n) is 14.3. The summed E-state index contributed by atoms with van der Waals surface area (Å²) in [5, 5.41) is 3.54. The predicted molar refractivity (Wildman–Crippen MR) is 101 cm³/mol. The molecule has 0 saturated carbocycles. The van der Waals surface area contributed by atoms with Crippen molar-refractivity contribution in [3.05, 3.63) is 83.9 Å². The Morgan fingerprint density at radius 2 is 1.96 bits per heavy atom. The number of nitrogens with zero attached hydrogens (tertiary/aromatic N) is 3. The lowest BCUT2D eigenvalue weighted by Gasteiger charge is -2.09. The van der Waals surface area contributed by atoms with E-state index in [0.29, 0.717) is 16.9 Å². The molecule has 27 heavy (non-hydrogen) atoms. The van der Waals surface area contributed by atoms with Crippen LogP contribution in [0.5, 0.6) is 0 Å². The third kappa shape index (κ3) is 3.22. The number of hydrogen-bond acceptors (Lipinski definition) is 4. The van der Waals surface area contributed by atoms with E-state index in [9.17, 15) is 9.18 Å². The van der Waals surface area contributed by atoms with Crippen molar-refractivity contribution in [1.82, 2.24) is 19.9 Å². The van der Waals surface area contributed by atoms with Crippen molar-refractivity contribution >= 4 is 22.8 Å². The number of nitrogens with one attached hydrogen (secondary N) is 1. The fraction of sp³-hybridized carbons (Fsp3) is 0.0500. The number of carbonyl (C=O) groups is 1. The summed E-state index contributed by atoms with van der Waals surface area (Å²) in [4.78, 5) is 20.8. The lowest BCUT2D eigenvalue weighted by Crippen LogP contribution is -2.23. The third-order valence-electron chi connectivity index (χ3n) is 4.28. The molecule has 134 valence electrons. The number of nitrogen functional groups attached to an aromatic ring is 1. The first-order valence-corrected chi connectivity index (χ1v) is 8.34. The Hall–Kier alpha value is -3.74. The zero-order valence-corrected chi connectivity index (χ0v) is 14.3. The summed E-state index contributed by atoms with van der Waals surface area (Å²) in [6, 6.07) is 15.4. The molecule has 0 radical (unpaired) electrons. The van der Waals surface area contributed by atoms with Gasteiger partial charge in [-0.25, -0.2) is 9.37 Å². The Morgan fingerprint density at radius 3 is 2.78 bits per heavy atom. The van der Waals surface area contributed by atoms with Gasteiger partial charge in [-0.05, 0) is 30.3 Å². The van der Waals surface area contributed by atoms with Crippen LogP contribution in [0, 0.1) is 5.82 Å². The van der Waals surface area contributed by atoms with Gasteiger partial charge in [0.2, 0.25) is 5.95 Å². The first-order valence-electron chi connectivity index (χ1n) is 8.34. The molecule has 0 unspecified atom stereocenters. The first-order chi connectivity index (χ1) is 13.1. The molecule has 2 aromatic heterocycles. The van der Waals surface area contributed by atoms with Crippen molar-refractivity contribution < 1.29 is 9.18 Å². The first kappa shape index (κ1) is 16.7. The van der Waals surface area contributed by atoms with Gasteiger partial charge in [-0.15, -0.1) is 0 Å². The minimum atomic E-state index is -0.344. The number of amides is 1. The highest BCUT2D eigenvalue weighted by atomic mass is 19.1. The van der Waals surface area contributed by atoms with Gasteiger partial charge in [0.25, 0.3) is 5.91 Å². The fourth-order valence-corrected chi connectivity index (χ4v) is 2.98. The van der Waals surface area contributed by atoms with E-state index in [4.69, 9.17) is 5.73 Å². The minimum absolute atomic E-state index is 0.116. The highest BCUT2D eigenvalue weighted by Crippen LogP contribution is 2.23. The van der Waals surface area contributed by atoms with E-state index in [2.05, 4.69) is 15.3 Å². The van der Waals surface area contributed by atoms with E-state index in [1.165, 1.54) is 6.07 Å². The number of halogens is 1. The van der Waals surface area contributed by atoms with Crippen LogP contribution in [0.1, 0.15) is 15.9 Å². The van der Waals surface area contributed by atoms with Gasteiger partial charge < -0.3 is 15.6 Å². The van der Waals surface area contributed by atoms with Crippen LogP contribution in [-0.4, -0.2) is 20.4 Å². The minimum Gasteiger partial charge on any atom is -0.368 e. The van der Waals surface area contributed by atoms with Crippen molar-refractivity contribution in [2.45, 2.75) is 6.54 Å². The smallest absolute Gasteiger partial charge is 0.252 e. The standard InChI is InChI=1S/C20H16FN5O/c21-16-6-2-1-4-13(16)12-24-19(27)15-5-3-7-17-14(15)9-11-26(17)18-8-10-23-20(22)25-18/h1-11H,12H2,(H,24,27)(H2,22,23,25). The molecule has 0 spiro atoms. The summed E-state index contributed by atoms with van der Waals surface area (Å²) in [6.07, 6.45) is 3.40. The number of anilines is 1. The highest BCUT2D eigenvalue weighted by molar-refractivity contribution is 6.06. The van der Waals surface area contributed by atoms with E-state index in [0.717, 1.165) is 10.9 Å². The lowest BCUT2D eigenvalue weighted by molar-refractivity contribution is 0.0952. The molecule has 0 aliphatic carbocycles. The molecule has 7 heteroatoms. The molecular weight excluding hydrogens is 345 g/mol. The predicted octanol–water partition coefficient (Wildman–Crippen LogP) is 3.07. The summed E-state index contributed by atoms with van der Waals surface area (Å²) in [6.45, 7) is 0.116. The average molecular weight is 361 g/mol. The van der Waals surface area contributed by atoms with Crippen LogP contribution in [-0.2, 0) is 6.54 Å². The number of aromatic nitrogens is 3. The Bertz CT molecular complexity index is 1140. The molecule has 0 aliphatic heterocycles. The Balaban J connectivity index is 1.65. The number of fused-ring (bicyclic) bond motifs is 1. The van der Waals surface area contributed by atoms with Crippen LogP contribution in [0.3, 0.4) is 0 Å². The average Bonchev–Trinajstić information content (AvgIpc) is 3.11. The van der Waals surface area contributed by atoms with Crippen LogP contribution in [0.4, 0.5) is 10.3 Å². The van der Waals surface area contributed by atoms with E-state index in [-0.39, 0.29) is 24.2 Å². The van der Waals surface area contributed by atoms with Crippen LogP contribution in [0.2, 0.25) is 0 Å². The molecular formula is C20H16FN5O. The van der Waals surface area contributed by atoms with Gasteiger partial charge in [0.1, 0.15) is 11.6 Å². The van der Waals surface area contributed by atoms with Crippen molar-refractivity contribution in [2.75, 3.05) is 5.73 Å². The normalized spacial score (nSPS) is 10.9. The van der Waals surface area contributed by atoms with Gasteiger partial charge in [-0.3, -0.25) is 4.79 Å². The van der Waals surface area contributed by atoms with Gasteiger partial charge in [0, 0.05) is 35.5 Å². The second-order valence-corrected chi connectivity index (χ2v) is 5.97. The molecule has 1 amide bonds. The number of benzene rings is 2. The summed E-state index contributed by atoms with van der Waals surface area (Å²) < 4.78 is 15.6. The van der Waals surface area contributed by atoms with Gasteiger partial charge in [-0.2, -0.15) is 4.98 Å². The van der Waals surface area contributed by atoms with Crippen molar-refractivity contribution in [1.29, 1.82) is 0 Å². The number of nitrogens with two attached hydrogens (primary N) is 1. The van der Waals surface area contributed by atoms with Crippen LogP contribution >= 0.6 is 0 Å². The fourth-order valence-electron chi connectivity index (χ4n) is 2.98. The van der Waals surface area contributed by atoms with E-state index < -0.39 is 0 Å². The SMILES string of the molecule is Nc1nccc(-n2ccc3c(C(=O)NCc4ccccc4F)cccc32)n1. The Labute approximate surface area is 154 Å². The maximum absolute atomic E-state index is 13.7. The van der Waals surface area contributed by atoms with Crippen LogP contribution < -0.4 is 11.1 Å². The van der Waals surface area contributed by atoms with Crippen LogP contribution in [0.15, 0.2) is 67.0 Å². The quantitative estimate of drug-likeness (QED) is 0.585. The number of hydrogen-bond donors (Lipinski definition) is 2. The molecule has 0 aliphatic rings. The van der Waals surface area contributed by atoms with Crippen molar-refractivity contribution in [2.24, 2.45) is 0 Å². The Morgan fingerprint density at radius 1 is 1.11 bits per heavy atom. The summed E-state index contributed by atoms with van der Waals surface area (Å²) in [5.41, 5.74) is 7.42. The van der Waals surface area contributed by atoms with E-state index in [1.807, 2.05) is 22.9 Å². The lowest BCUT2D eigenvalue weighted by atomic mass is 10.1. The topological polar surface area (TPSA) is 85.8 Å². The summed E-state index contributed by atoms with van der Waals surface area (Å²) >= 11 is 0. The molecule has 2 heterocycles. The molecule has 0 saturated heterocycles. The molecule has 3 N–H and O–H groups in total. The maximum atomic E-state index is 13.7. The van der Waals surface area contributed by atoms with Crippen molar-refractivity contribution in [3.63, 3.8) is 0 Å². The second-order valence-electron chi connectivity index (χ2n) is 5.97. The monoisotopic (exact) mass is 361 g/mol. The highest BCUT2D eigenvalue weighted by Gasteiger charge is 2.14. The maximum Gasteiger partial charge on any atom is 0.252 e. The zero-order chi connectivity index (χ0) is 18.8. The summed E-state index contributed by atoms with van der Waals surface area (Å²) in [5.74, 6) is 0.168. The largest absolute Gasteiger partial charge is 0.368 e. The van der Waals surface area contributed by atoms with Crippen LogP contribution in [0.25, 0.3) is 16.7 Å². The third-order valence-corrected chi connectivity index (χ3v) is 4.28. The number of carbonyl (C=O) groups excluding carboxylic acids is 1. The molecule has 0 bridgehead atoms. The molecule has 6 nitrogen and oxygen atoms in total. The van der Waals surface area contributed by atoms with E-state index >= 15 is 0 Å². The van der Waals surface area contributed by atoms with Gasteiger partial charge >= 0.3 is 0 Å². The molecule has 4 aromatic rings. The van der Waals surface area contributed by atoms with Gasteiger partial charge in [-0.1, -0.05) is 24.3 Å². The van der Waals surface area contributed by atoms with Crippen molar-refractivity contribution in [3.8, 4) is 5.82 Å².